The number of amides is 3. The molecule has 3 N–H and O–H groups in total. The molecule has 8 heteroatoms. The van der Waals surface area contributed by atoms with Gasteiger partial charge in [-0.05, 0) is 35.9 Å². The van der Waals surface area contributed by atoms with E-state index in [2.05, 4.69) is 16.0 Å². The van der Waals surface area contributed by atoms with E-state index < -0.39 is 0 Å². The van der Waals surface area contributed by atoms with E-state index in [0.717, 1.165) is 22.7 Å². The lowest BCUT2D eigenvalue weighted by molar-refractivity contribution is -0.120. The molecule has 0 spiro atoms. The summed E-state index contributed by atoms with van der Waals surface area (Å²) in [6.45, 7) is 2.20. The van der Waals surface area contributed by atoms with Gasteiger partial charge in [-0.25, -0.2) is 0 Å². The summed E-state index contributed by atoms with van der Waals surface area (Å²) >= 11 is 1.47. The van der Waals surface area contributed by atoms with Gasteiger partial charge < -0.3 is 20.9 Å². The predicted octanol–water partition coefficient (Wildman–Crippen LogP) is 1.60. The van der Waals surface area contributed by atoms with Crippen LogP contribution in [-0.2, 0) is 16.1 Å². The minimum Gasteiger partial charge on any atom is -0.360 e. The van der Waals surface area contributed by atoms with E-state index >= 15 is 0 Å². The molecule has 0 aliphatic carbocycles. The number of nitrogens with one attached hydrogen (secondary N) is 3. The van der Waals surface area contributed by atoms with Crippen LogP contribution in [0.3, 0.4) is 0 Å². The van der Waals surface area contributed by atoms with Crippen LogP contribution in [0.1, 0.15) is 15.9 Å². The van der Waals surface area contributed by atoms with Crippen LogP contribution >= 0.6 is 11.8 Å². The summed E-state index contributed by atoms with van der Waals surface area (Å²) in [6.07, 6.45) is 0. The monoisotopic (exact) mass is 396 g/mol. The van der Waals surface area contributed by atoms with Gasteiger partial charge in [0, 0.05) is 35.8 Å². The average Bonchev–Trinajstić information content (AvgIpc) is 2.72. The molecule has 0 aromatic heterocycles. The number of hydrogen-bond donors (Lipinski definition) is 3. The second kappa shape index (κ2) is 7.93. The van der Waals surface area contributed by atoms with Crippen molar-refractivity contribution in [3.8, 4) is 0 Å². The Morgan fingerprint density at radius 1 is 1.11 bits per heavy atom. The molecule has 4 rings (SSSR count). The highest BCUT2D eigenvalue weighted by atomic mass is 32.2. The minimum absolute atomic E-state index is 0.0298. The Kier molecular flexibility index (Phi) is 5.21. The van der Waals surface area contributed by atoms with E-state index in [0.29, 0.717) is 36.6 Å². The van der Waals surface area contributed by atoms with Crippen molar-refractivity contribution >= 4 is 40.9 Å². The van der Waals surface area contributed by atoms with E-state index in [4.69, 9.17) is 0 Å². The van der Waals surface area contributed by atoms with Crippen molar-refractivity contribution in [1.82, 2.24) is 10.6 Å². The first kappa shape index (κ1) is 18.4. The fourth-order valence-corrected chi connectivity index (χ4v) is 3.98. The number of fused-ring (bicyclic) bond motifs is 1. The molecule has 2 heterocycles. The molecule has 2 aliphatic rings. The SMILES string of the molecule is O=C1CN(c2ccc(CNC(=O)c3ccc4c(c3)NC(=O)CS4)cc2)CCN1. The van der Waals surface area contributed by atoms with Crippen LogP contribution in [0.15, 0.2) is 47.4 Å². The van der Waals surface area contributed by atoms with Gasteiger partial charge in [0.25, 0.3) is 5.91 Å². The van der Waals surface area contributed by atoms with Crippen molar-refractivity contribution in [3.63, 3.8) is 0 Å². The van der Waals surface area contributed by atoms with Gasteiger partial charge in [0.15, 0.2) is 0 Å². The fraction of sp³-hybridized carbons (Fsp3) is 0.250. The highest BCUT2D eigenvalue weighted by Crippen LogP contribution is 2.31. The first-order valence-electron chi connectivity index (χ1n) is 9.04. The van der Waals surface area contributed by atoms with Crippen molar-refractivity contribution in [2.75, 3.05) is 35.6 Å². The number of piperazine rings is 1. The maximum Gasteiger partial charge on any atom is 0.251 e. The van der Waals surface area contributed by atoms with E-state index in [1.807, 2.05) is 35.2 Å². The molecule has 0 atom stereocenters. The predicted molar refractivity (Wildman–Crippen MR) is 109 cm³/mol. The van der Waals surface area contributed by atoms with Crippen LogP contribution in [0, 0.1) is 0 Å². The molecule has 0 radical (unpaired) electrons. The Morgan fingerprint density at radius 2 is 1.93 bits per heavy atom. The smallest absolute Gasteiger partial charge is 0.251 e. The average molecular weight is 396 g/mol. The second-order valence-corrected chi connectivity index (χ2v) is 7.69. The largest absolute Gasteiger partial charge is 0.360 e. The first-order valence-corrected chi connectivity index (χ1v) is 10.0. The highest BCUT2D eigenvalue weighted by molar-refractivity contribution is 8.00. The quantitative estimate of drug-likeness (QED) is 0.730. The Hall–Kier alpha value is -3.00. The van der Waals surface area contributed by atoms with Gasteiger partial charge in [-0.15, -0.1) is 11.8 Å². The molecule has 1 saturated heterocycles. The number of benzene rings is 2. The summed E-state index contributed by atoms with van der Waals surface area (Å²) in [5.74, 6) is 0.185. The summed E-state index contributed by atoms with van der Waals surface area (Å²) in [6, 6.07) is 13.2. The number of anilines is 2. The number of carbonyl (C=O) groups excluding carboxylic acids is 3. The molecule has 0 unspecified atom stereocenters. The van der Waals surface area contributed by atoms with E-state index in [1.54, 1.807) is 12.1 Å². The van der Waals surface area contributed by atoms with Crippen molar-refractivity contribution in [1.29, 1.82) is 0 Å². The van der Waals surface area contributed by atoms with Crippen molar-refractivity contribution in [2.45, 2.75) is 11.4 Å². The first-order chi connectivity index (χ1) is 13.6. The molecule has 1 fully saturated rings. The molecule has 2 aromatic carbocycles. The molecule has 2 aromatic rings. The molecule has 28 heavy (non-hydrogen) atoms. The van der Waals surface area contributed by atoms with Crippen molar-refractivity contribution < 1.29 is 14.4 Å². The van der Waals surface area contributed by atoms with Crippen LogP contribution in [0.4, 0.5) is 11.4 Å². The van der Waals surface area contributed by atoms with E-state index in [1.165, 1.54) is 11.8 Å². The molecule has 0 bridgehead atoms. The van der Waals surface area contributed by atoms with Gasteiger partial charge in [0.2, 0.25) is 11.8 Å². The molecule has 0 saturated carbocycles. The zero-order chi connectivity index (χ0) is 19.5. The number of hydrogen-bond acceptors (Lipinski definition) is 5. The Bertz CT molecular complexity index is 930. The maximum atomic E-state index is 12.5. The van der Waals surface area contributed by atoms with E-state index in [9.17, 15) is 14.4 Å². The van der Waals surface area contributed by atoms with Gasteiger partial charge in [-0.3, -0.25) is 14.4 Å². The Balaban J connectivity index is 1.36. The normalized spacial score (nSPS) is 16.1. The topological polar surface area (TPSA) is 90.5 Å². The zero-order valence-electron chi connectivity index (χ0n) is 15.2. The molecule has 144 valence electrons. The van der Waals surface area contributed by atoms with Crippen molar-refractivity contribution in [2.24, 2.45) is 0 Å². The number of thioether (sulfide) groups is 1. The minimum atomic E-state index is -0.190. The zero-order valence-corrected chi connectivity index (χ0v) is 16.0. The molecule has 3 amide bonds. The summed E-state index contributed by atoms with van der Waals surface area (Å²) in [5, 5.41) is 8.51. The summed E-state index contributed by atoms with van der Waals surface area (Å²) in [4.78, 5) is 38.5. The van der Waals surface area contributed by atoms with Crippen LogP contribution in [0.5, 0.6) is 0 Å². The fourth-order valence-electron chi connectivity index (χ4n) is 3.19. The lowest BCUT2D eigenvalue weighted by atomic mass is 10.1. The second-order valence-electron chi connectivity index (χ2n) is 6.67. The van der Waals surface area contributed by atoms with Crippen LogP contribution < -0.4 is 20.9 Å². The Morgan fingerprint density at radius 3 is 2.71 bits per heavy atom. The standard InChI is InChI=1S/C20H20N4O3S/c25-18-11-24(8-7-21-18)15-4-1-13(2-5-15)10-22-20(27)14-3-6-17-16(9-14)23-19(26)12-28-17/h1-6,9H,7-8,10-12H2,(H,21,25)(H,22,27)(H,23,26). The third-order valence-corrected chi connectivity index (χ3v) is 5.74. The summed E-state index contributed by atoms with van der Waals surface area (Å²) < 4.78 is 0. The highest BCUT2D eigenvalue weighted by Gasteiger charge is 2.18. The number of carbonyl (C=O) groups is 3. The summed E-state index contributed by atoms with van der Waals surface area (Å²) in [5.41, 5.74) is 3.16. The number of rotatable bonds is 4. The lowest BCUT2D eigenvalue weighted by Crippen LogP contribution is -2.47. The maximum absolute atomic E-state index is 12.5. The molecule has 2 aliphatic heterocycles. The van der Waals surface area contributed by atoms with Gasteiger partial charge >= 0.3 is 0 Å². The van der Waals surface area contributed by atoms with Crippen LogP contribution in [0.2, 0.25) is 0 Å². The van der Waals surface area contributed by atoms with Gasteiger partial charge in [0.05, 0.1) is 18.0 Å². The molecule has 7 nitrogen and oxygen atoms in total. The van der Waals surface area contributed by atoms with E-state index in [-0.39, 0.29) is 17.7 Å². The Labute approximate surface area is 166 Å². The van der Waals surface area contributed by atoms with Crippen LogP contribution in [-0.4, -0.2) is 43.1 Å². The number of nitrogens with zero attached hydrogens (tertiary/aromatic N) is 1. The van der Waals surface area contributed by atoms with Crippen LogP contribution in [0.25, 0.3) is 0 Å². The molecular weight excluding hydrogens is 376 g/mol. The van der Waals surface area contributed by atoms with Gasteiger partial charge in [-0.1, -0.05) is 12.1 Å². The molecular formula is C20H20N4O3S. The third kappa shape index (κ3) is 4.12. The third-order valence-electron chi connectivity index (χ3n) is 4.67. The lowest BCUT2D eigenvalue weighted by Gasteiger charge is -2.28. The van der Waals surface area contributed by atoms with Crippen molar-refractivity contribution in [3.05, 3.63) is 53.6 Å². The summed E-state index contributed by atoms with van der Waals surface area (Å²) in [7, 11) is 0. The van der Waals surface area contributed by atoms with Gasteiger partial charge in [0.1, 0.15) is 0 Å². The van der Waals surface area contributed by atoms with Gasteiger partial charge in [-0.2, -0.15) is 0 Å².